The molecule has 104 valence electrons. The maximum absolute atomic E-state index is 11.5. The first-order valence-electron chi connectivity index (χ1n) is 6.05. The van der Waals surface area contributed by atoms with E-state index in [-0.39, 0.29) is 25.0 Å². The molecular weight excluding hydrogens is 246 g/mol. The van der Waals surface area contributed by atoms with Crippen LogP contribution in [0.2, 0.25) is 0 Å². The van der Waals surface area contributed by atoms with Crippen molar-refractivity contribution in [3.63, 3.8) is 0 Å². The third-order valence-electron chi connectivity index (χ3n) is 2.24. The van der Waals surface area contributed by atoms with Gasteiger partial charge in [-0.2, -0.15) is 0 Å². The number of amides is 2. The molecule has 0 unspecified atom stereocenters. The lowest BCUT2D eigenvalue weighted by Crippen LogP contribution is -2.27. The summed E-state index contributed by atoms with van der Waals surface area (Å²) in [7, 11) is 1.46. The zero-order valence-electron chi connectivity index (χ0n) is 11.2. The minimum Gasteiger partial charge on any atom is -0.375 e. The number of hydrogen-bond acceptors (Lipinski definition) is 4. The molecule has 6 heteroatoms. The van der Waals surface area contributed by atoms with E-state index in [1.54, 1.807) is 24.3 Å². The van der Waals surface area contributed by atoms with E-state index in [0.717, 1.165) is 6.54 Å². The Morgan fingerprint density at radius 1 is 1.16 bits per heavy atom. The van der Waals surface area contributed by atoms with Gasteiger partial charge in [0.25, 0.3) is 0 Å². The van der Waals surface area contributed by atoms with E-state index < -0.39 is 0 Å². The molecule has 0 aliphatic heterocycles. The number of methoxy groups -OCH3 is 1. The van der Waals surface area contributed by atoms with Gasteiger partial charge in [-0.15, -0.1) is 0 Å². The van der Waals surface area contributed by atoms with Gasteiger partial charge in [0.05, 0.1) is 6.54 Å². The van der Waals surface area contributed by atoms with Gasteiger partial charge in [0.15, 0.2) is 0 Å². The topological polar surface area (TPSA) is 79.5 Å². The molecule has 1 rings (SSSR count). The Labute approximate surface area is 112 Å². The van der Waals surface area contributed by atoms with E-state index >= 15 is 0 Å². The predicted molar refractivity (Wildman–Crippen MR) is 74.1 cm³/mol. The van der Waals surface area contributed by atoms with Crippen molar-refractivity contribution in [2.75, 3.05) is 37.4 Å². The Hall–Kier alpha value is -1.92. The third kappa shape index (κ3) is 5.98. The zero-order chi connectivity index (χ0) is 14.1. The second-order valence-electron chi connectivity index (χ2n) is 3.89. The molecule has 0 aromatic heterocycles. The summed E-state index contributed by atoms with van der Waals surface area (Å²) in [6, 6.07) is 6.95. The van der Waals surface area contributed by atoms with Crippen molar-refractivity contribution < 1.29 is 14.3 Å². The van der Waals surface area contributed by atoms with Gasteiger partial charge in [-0.3, -0.25) is 9.59 Å². The molecule has 0 radical (unpaired) electrons. The van der Waals surface area contributed by atoms with Crippen molar-refractivity contribution in [1.29, 1.82) is 0 Å². The highest BCUT2D eigenvalue weighted by molar-refractivity contribution is 5.95. The third-order valence-corrected chi connectivity index (χ3v) is 2.24. The van der Waals surface area contributed by atoms with E-state index in [0.29, 0.717) is 11.4 Å². The summed E-state index contributed by atoms with van der Waals surface area (Å²) in [4.78, 5) is 22.9. The van der Waals surface area contributed by atoms with Gasteiger partial charge in [-0.25, -0.2) is 0 Å². The molecule has 0 saturated heterocycles. The summed E-state index contributed by atoms with van der Waals surface area (Å²) in [5.74, 6) is -0.360. The lowest BCUT2D eigenvalue weighted by atomic mass is 10.2. The molecule has 0 aliphatic rings. The largest absolute Gasteiger partial charge is 0.375 e. The lowest BCUT2D eigenvalue weighted by molar-refractivity contribution is -0.119. The maximum Gasteiger partial charge on any atom is 0.250 e. The predicted octanol–water partition coefficient (Wildman–Crippen LogP) is 0.819. The normalized spacial score (nSPS) is 10.0. The highest BCUT2D eigenvalue weighted by atomic mass is 16.5. The number of hydrogen-bond donors (Lipinski definition) is 3. The van der Waals surface area contributed by atoms with Crippen molar-refractivity contribution in [3.05, 3.63) is 24.3 Å². The molecule has 0 saturated carbocycles. The SMILES string of the molecule is CCNCC(=O)Nc1cccc(NC(=O)COC)c1. The van der Waals surface area contributed by atoms with Crippen LogP contribution in [0.3, 0.4) is 0 Å². The summed E-state index contributed by atoms with van der Waals surface area (Å²) in [5, 5.41) is 8.34. The van der Waals surface area contributed by atoms with Crippen LogP contribution in [0.15, 0.2) is 24.3 Å². The molecule has 0 fully saturated rings. The number of ether oxygens (including phenoxy) is 1. The average Bonchev–Trinajstić information content (AvgIpc) is 2.37. The Morgan fingerprint density at radius 2 is 1.79 bits per heavy atom. The lowest BCUT2D eigenvalue weighted by Gasteiger charge is -2.08. The van der Waals surface area contributed by atoms with E-state index in [9.17, 15) is 9.59 Å². The fourth-order valence-electron chi connectivity index (χ4n) is 1.45. The van der Waals surface area contributed by atoms with Gasteiger partial charge < -0.3 is 20.7 Å². The van der Waals surface area contributed by atoms with Gasteiger partial charge in [-0.1, -0.05) is 13.0 Å². The molecular formula is C13H19N3O3. The summed E-state index contributed by atoms with van der Waals surface area (Å²) in [5.41, 5.74) is 1.25. The molecule has 2 amide bonds. The van der Waals surface area contributed by atoms with Crippen LogP contribution in [0, 0.1) is 0 Å². The van der Waals surface area contributed by atoms with Crippen molar-refractivity contribution in [2.24, 2.45) is 0 Å². The highest BCUT2D eigenvalue weighted by Gasteiger charge is 2.04. The van der Waals surface area contributed by atoms with Crippen LogP contribution in [-0.2, 0) is 14.3 Å². The number of carbonyl (C=O) groups is 2. The molecule has 0 spiro atoms. The first kappa shape index (κ1) is 15.1. The van der Waals surface area contributed by atoms with Gasteiger partial charge in [-0.05, 0) is 24.7 Å². The van der Waals surface area contributed by atoms with E-state index in [1.807, 2.05) is 6.92 Å². The molecule has 6 nitrogen and oxygen atoms in total. The van der Waals surface area contributed by atoms with Gasteiger partial charge in [0.1, 0.15) is 6.61 Å². The molecule has 1 aromatic carbocycles. The van der Waals surface area contributed by atoms with E-state index in [2.05, 4.69) is 16.0 Å². The van der Waals surface area contributed by atoms with Crippen molar-refractivity contribution in [1.82, 2.24) is 5.32 Å². The van der Waals surface area contributed by atoms with Crippen molar-refractivity contribution in [2.45, 2.75) is 6.92 Å². The van der Waals surface area contributed by atoms with Crippen LogP contribution < -0.4 is 16.0 Å². The Bertz CT molecular complexity index is 435. The fourth-order valence-corrected chi connectivity index (χ4v) is 1.45. The van der Waals surface area contributed by atoms with Crippen LogP contribution in [0.5, 0.6) is 0 Å². The number of anilines is 2. The summed E-state index contributed by atoms with van der Waals surface area (Å²) < 4.78 is 4.72. The van der Waals surface area contributed by atoms with Crippen LogP contribution in [0.1, 0.15) is 6.92 Å². The molecule has 0 aliphatic carbocycles. The Balaban J connectivity index is 2.56. The fraction of sp³-hybridized carbons (Fsp3) is 0.385. The minimum absolute atomic E-state index is 0.00297. The molecule has 19 heavy (non-hydrogen) atoms. The smallest absolute Gasteiger partial charge is 0.250 e. The number of carbonyl (C=O) groups excluding carboxylic acids is 2. The Morgan fingerprint density at radius 3 is 2.37 bits per heavy atom. The van der Waals surface area contributed by atoms with Gasteiger partial charge >= 0.3 is 0 Å². The first-order valence-corrected chi connectivity index (χ1v) is 6.05. The molecule has 0 heterocycles. The highest BCUT2D eigenvalue weighted by Crippen LogP contribution is 2.14. The number of likely N-dealkylation sites (N-methyl/N-ethyl adjacent to an activating group) is 1. The second-order valence-corrected chi connectivity index (χ2v) is 3.89. The number of nitrogens with one attached hydrogen (secondary N) is 3. The van der Waals surface area contributed by atoms with Crippen LogP contribution in [0.25, 0.3) is 0 Å². The number of benzene rings is 1. The summed E-state index contributed by atoms with van der Waals surface area (Å²) in [6.07, 6.45) is 0. The monoisotopic (exact) mass is 265 g/mol. The average molecular weight is 265 g/mol. The molecule has 0 bridgehead atoms. The first-order chi connectivity index (χ1) is 9.15. The molecule has 1 aromatic rings. The maximum atomic E-state index is 11.5. The zero-order valence-corrected chi connectivity index (χ0v) is 11.2. The van der Waals surface area contributed by atoms with Gasteiger partial charge in [0.2, 0.25) is 11.8 Å². The van der Waals surface area contributed by atoms with E-state index in [1.165, 1.54) is 7.11 Å². The molecule has 0 atom stereocenters. The van der Waals surface area contributed by atoms with Gasteiger partial charge in [0, 0.05) is 18.5 Å². The standard InChI is InChI=1S/C13H19N3O3/c1-3-14-8-12(17)15-10-5-4-6-11(7-10)16-13(18)9-19-2/h4-7,14H,3,8-9H2,1-2H3,(H,15,17)(H,16,18). The van der Waals surface area contributed by atoms with Crippen LogP contribution in [0.4, 0.5) is 11.4 Å². The van der Waals surface area contributed by atoms with Crippen LogP contribution >= 0.6 is 0 Å². The van der Waals surface area contributed by atoms with Crippen molar-refractivity contribution >= 4 is 23.2 Å². The second kappa shape index (κ2) is 8.23. The quantitative estimate of drug-likeness (QED) is 0.682. The van der Waals surface area contributed by atoms with E-state index in [4.69, 9.17) is 4.74 Å². The molecule has 3 N–H and O–H groups in total. The Kier molecular flexibility index (Phi) is 6.56. The van der Waals surface area contributed by atoms with Crippen LogP contribution in [-0.4, -0.2) is 38.6 Å². The minimum atomic E-state index is -0.237. The summed E-state index contributed by atoms with van der Waals surface area (Å²) >= 11 is 0. The van der Waals surface area contributed by atoms with Crippen molar-refractivity contribution in [3.8, 4) is 0 Å². The number of rotatable bonds is 7. The summed E-state index contributed by atoms with van der Waals surface area (Å²) in [6.45, 7) is 2.92.